The van der Waals surface area contributed by atoms with Crippen LogP contribution < -0.4 is 15.0 Å². The molecule has 142 valence electrons. The highest BCUT2D eigenvalue weighted by Crippen LogP contribution is 2.27. The van der Waals surface area contributed by atoms with Crippen LogP contribution in [-0.4, -0.2) is 50.8 Å². The van der Waals surface area contributed by atoms with Gasteiger partial charge in [0.15, 0.2) is 0 Å². The minimum atomic E-state index is -0.502. The number of nitrogens with zero attached hydrogens (tertiary/aromatic N) is 4. The zero-order valence-electron chi connectivity index (χ0n) is 15.1. The number of likely N-dealkylation sites (N-methyl/N-ethyl adjacent to an activating group) is 1. The van der Waals surface area contributed by atoms with Crippen molar-refractivity contribution in [2.75, 3.05) is 18.6 Å². The SMILES string of the molecule is CN1C(=S)[C@H](NC(=O)c2n[nH]c(Cc3ccccc3)n2)COc2ncccc21. The second-order valence-electron chi connectivity index (χ2n) is 6.33. The van der Waals surface area contributed by atoms with Gasteiger partial charge < -0.3 is 15.0 Å². The van der Waals surface area contributed by atoms with Crippen LogP contribution in [0.5, 0.6) is 5.88 Å². The Morgan fingerprint density at radius 2 is 2.14 bits per heavy atom. The Labute approximate surface area is 167 Å². The molecule has 0 aliphatic carbocycles. The van der Waals surface area contributed by atoms with Gasteiger partial charge in [0, 0.05) is 19.7 Å². The molecule has 2 N–H and O–H groups in total. The number of fused-ring (bicyclic) bond motifs is 1. The van der Waals surface area contributed by atoms with E-state index in [1.807, 2.05) is 49.5 Å². The summed E-state index contributed by atoms with van der Waals surface area (Å²) in [5.74, 6) is 0.743. The normalized spacial score (nSPS) is 16.1. The first-order chi connectivity index (χ1) is 13.6. The molecule has 0 fully saturated rings. The van der Waals surface area contributed by atoms with Crippen molar-refractivity contribution in [3.63, 3.8) is 0 Å². The predicted octanol–water partition coefficient (Wildman–Crippen LogP) is 1.75. The number of hydrogen-bond donors (Lipinski definition) is 2. The lowest BCUT2D eigenvalue weighted by atomic mass is 10.1. The van der Waals surface area contributed by atoms with E-state index in [0.717, 1.165) is 11.3 Å². The number of hydrogen-bond acceptors (Lipinski definition) is 6. The molecular weight excluding hydrogens is 376 g/mol. The lowest BCUT2D eigenvalue weighted by Gasteiger charge is -2.22. The van der Waals surface area contributed by atoms with Crippen molar-refractivity contribution in [1.29, 1.82) is 0 Å². The first kappa shape index (κ1) is 18.1. The molecule has 3 heterocycles. The number of amides is 1. The van der Waals surface area contributed by atoms with Crippen molar-refractivity contribution in [2.24, 2.45) is 0 Å². The molecule has 9 heteroatoms. The van der Waals surface area contributed by atoms with Gasteiger partial charge in [-0.1, -0.05) is 42.5 Å². The number of thiocarbonyl (C=S) groups is 1. The Morgan fingerprint density at radius 1 is 1.32 bits per heavy atom. The molecule has 28 heavy (non-hydrogen) atoms. The number of anilines is 1. The van der Waals surface area contributed by atoms with Gasteiger partial charge >= 0.3 is 0 Å². The largest absolute Gasteiger partial charge is 0.474 e. The van der Waals surface area contributed by atoms with Gasteiger partial charge in [0.1, 0.15) is 29.1 Å². The number of benzene rings is 1. The Bertz CT molecular complexity index is 1010. The number of aromatic nitrogens is 4. The van der Waals surface area contributed by atoms with Crippen LogP contribution in [0.25, 0.3) is 0 Å². The smallest absolute Gasteiger partial charge is 0.291 e. The van der Waals surface area contributed by atoms with Crippen LogP contribution in [0.15, 0.2) is 48.7 Å². The van der Waals surface area contributed by atoms with Gasteiger partial charge in [-0.2, -0.15) is 0 Å². The number of nitrogens with one attached hydrogen (secondary N) is 2. The van der Waals surface area contributed by atoms with Crippen LogP contribution in [0.2, 0.25) is 0 Å². The summed E-state index contributed by atoms with van der Waals surface area (Å²) in [5, 5.41) is 9.69. The standard InChI is InChI=1S/C19H18N6O2S/c1-25-14-8-5-9-20-18(14)27-11-13(19(25)28)21-17(26)16-22-15(23-24-16)10-12-6-3-2-4-7-12/h2-9,13H,10-11H2,1H3,(H,21,26)(H,22,23,24)/t13-/m1/s1. The van der Waals surface area contributed by atoms with Gasteiger partial charge in [0.05, 0.1) is 0 Å². The topological polar surface area (TPSA) is 96.0 Å². The van der Waals surface area contributed by atoms with Crippen molar-refractivity contribution < 1.29 is 9.53 Å². The third-order valence-corrected chi connectivity index (χ3v) is 4.94. The van der Waals surface area contributed by atoms with E-state index in [4.69, 9.17) is 17.0 Å². The number of rotatable bonds is 4. The number of carbonyl (C=O) groups is 1. The Balaban J connectivity index is 1.45. The second kappa shape index (κ2) is 7.73. The van der Waals surface area contributed by atoms with Crippen molar-refractivity contribution in [3.05, 3.63) is 65.9 Å². The molecule has 1 atom stereocenters. The van der Waals surface area contributed by atoms with Crippen LogP contribution in [0.4, 0.5) is 5.69 Å². The van der Waals surface area contributed by atoms with Crippen LogP contribution in [0, 0.1) is 0 Å². The van der Waals surface area contributed by atoms with Gasteiger partial charge in [-0.25, -0.2) is 9.97 Å². The van der Waals surface area contributed by atoms with Crippen LogP contribution in [0.3, 0.4) is 0 Å². The van der Waals surface area contributed by atoms with Crippen molar-refractivity contribution in [3.8, 4) is 5.88 Å². The molecule has 1 aromatic carbocycles. The van der Waals surface area contributed by atoms with Crippen molar-refractivity contribution in [1.82, 2.24) is 25.5 Å². The zero-order chi connectivity index (χ0) is 19.5. The fourth-order valence-corrected chi connectivity index (χ4v) is 3.15. The maximum Gasteiger partial charge on any atom is 0.291 e. The quantitative estimate of drug-likeness (QED) is 0.651. The summed E-state index contributed by atoms with van der Waals surface area (Å²) in [6, 6.07) is 13.0. The lowest BCUT2D eigenvalue weighted by Crippen LogP contribution is -2.48. The molecule has 8 nitrogen and oxygen atoms in total. The van der Waals surface area contributed by atoms with Crippen LogP contribution in [0.1, 0.15) is 22.0 Å². The molecule has 0 saturated heterocycles. The predicted molar refractivity (Wildman–Crippen MR) is 108 cm³/mol. The van der Waals surface area contributed by atoms with Crippen LogP contribution >= 0.6 is 12.2 Å². The molecular formula is C19H18N6O2S. The second-order valence-corrected chi connectivity index (χ2v) is 6.75. The fourth-order valence-electron chi connectivity index (χ4n) is 2.93. The molecule has 1 aliphatic heterocycles. The Hall–Kier alpha value is -3.33. The minimum absolute atomic E-state index is 0.0660. The van der Waals surface area contributed by atoms with E-state index in [-0.39, 0.29) is 12.4 Å². The number of H-pyrrole nitrogens is 1. The molecule has 3 aromatic rings. The van der Waals surface area contributed by atoms with Gasteiger partial charge in [0.2, 0.25) is 11.7 Å². The number of ether oxygens (including phenoxy) is 1. The summed E-state index contributed by atoms with van der Waals surface area (Å²) in [7, 11) is 1.82. The first-order valence-corrected chi connectivity index (χ1v) is 9.14. The van der Waals surface area contributed by atoms with Crippen molar-refractivity contribution in [2.45, 2.75) is 12.5 Å². The summed E-state index contributed by atoms with van der Waals surface area (Å²) < 4.78 is 5.72. The summed E-state index contributed by atoms with van der Waals surface area (Å²) >= 11 is 5.53. The van der Waals surface area contributed by atoms with E-state index in [0.29, 0.717) is 23.1 Å². The van der Waals surface area contributed by atoms with E-state index >= 15 is 0 Å². The Kier molecular flexibility index (Phi) is 4.98. The van der Waals surface area contributed by atoms with Crippen LogP contribution in [-0.2, 0) is 6.42 Å². The molecule has 1 aliphatic rings. The molecule has 0 unspecified atom stereocenters. The highest BCUT2D eigenvalue weighted by Gasteiger charge is 2.29. The highest BCUT2D eigenvalue weighted by atomic mass is 32.1. The third kappa shape index (κ3) is 3.70. The van der Waals surface area contributed by atoms with Gasteiger partial charge in [-0.3, -0.25) is 9.89 Å². The molecule has 0 spiro atoms. The monoisotopic (exact) mass is 394 g/mol. The molecule has 4 rings (SSSR count). The molecule has 0 bridgehead atoms. The van der Waals surface area contributed by atoms with Crippen molar-refractivity contribution >= 4 is 28.8 Å². The number of aromatic amines is 1. The fraction of sp³-hybridized carbons (Fsp3) is 0.211. The lowest BCUT2D eigenvalue weighted by molar-refractivity contribution is 0.0927. The maximum absolute atomic E-state index is 12.6. The molecule has 1 amide bonds. The van der Waals surface area contributed by atoms with Gasteiger partial charge in [-0.15, -0.1) is 5.10 Å². The number of pyridine rings is 1. The van der Waals surface area contributed by atoms with E-state index < -0.39 is 11.9 Å². The van der Waals surface area contributed by atoms with Gasteiger partial charge in [-0.05, 0) is 17.7 Å². The summed E-state index contributed by atoms with van der Waals surface area (Å²) in [4.78, 5) is 23.4. The average molecular weight is 394 g/mol. The summed E-state index contributed by atoms with van der Waals surface area (Å²) in [6.07, 6.45) is 2.21. The van der Waals surface area contributed by atoms with E-state index in [1.54, 1.807) is 11.1 Å². The first-order valence-electron chi connectivity index (χ1n) is 8.73. The molecule has 2 aromatic heterocycles. The molecule has 0 radical (unpaired) electrons. The van der Waals surface area contributed by atoms with E-state index in [9.17, 15) is 4.79 Å². The minimum Gasteiger partial charge on any atom is -0.474 e. The number of carbonyl (C=O) groups excluding carboxylic acids is 1. The highest BCUT2D eigenvalue weighted by molar-refractivity contribution is 7.80. The Morgan fingerprint density at radius 3 is 2.96 bits per heavy atom. The third-order valence-electron chi connectivity index (χ3n) is 4.38. The van der Waals surface area contributed by atoms with E-state index in [1.165, 1.54) is 0 Å². The zero-order valence-corrected chi connectivity index (χ0v) is 15.9. The molecule has 0 saturated carbocycles. The summed E-state index contributed by atoms with van der Waals surface area (Å²) in [6.45, 7) is 0.181. The summed E-state index contributed by atoms with van der Waals surface area (Å²) in [5.41, 5.74) is 1.84. The maximum atomic E-state index is 12.6. The average Bonchev–Trinajstić information content (AvgIpc) is 3.15. The van der Waals surface area contributed by atoms with E-state index in [2.05, 4.69) is 25.5 Å². The van der Waals surface area contributed by atoms with Gasteiger partial charge in [0.25, 0.3) is 5.91 Å².